The number of fused-ring (bicyclic) bond motifs is 4. The third kappa shape index (κ3) is 3.91. The minimum atomic E-state index is -0.124. The van der Waals surface area contributed by atoms with Gasteiger partial charge in [0.1, 0.15) is 11.5 Å². The first kappa shape index (κ1) is 22.7. The molecule has 0 bridgehead atoms. The minimum absolute atomic E-state index is 0.115. The number of carbonyl (C=O) groups excluding carboxylic acids is 1. The van der Waals surface area contributed by atoms with E-state index in [4.69, 9.17) is 15.5 Å². The Morgan fingerprint density at radius 3 is 2.75 bits per heavy atom. The van der Waals surface area contributed by atoms with Gasteiger partial charge in [-0.1, -0.05) is 24.3 Å². The molecule has 0 saturated carbocycles. The zero-order valence-corrected chi connectivity index (χ0v) is 20.4. The first-order valence-electron chi connectivity index (χ1n) is 11.9. The zero-order valence-electron chi connectivity index (χ0n) is 19.6. The molecule has 1 amide bonds. The molecule has 1 aliphatic rings. The van der Waals surface area contributed by atoms with Crippen LogP contribution in [0.5, 0.6) is 0 Å². The molecule has 8 nitrogen and oxygen atoms in total. The maximum Gasteiger partial charge on any atom is 0.259 e. The van der Waals surface area contributed by atoms with Gasteiger partial charge >= 0.3 is 0 Å². The molecule has 1 fully saturated rings. The lowest BCUT2D eigenvalue weighted by Gasteiger charge is -2.27. The number of hydrogen-bond donors (Lipinski definition) is 2. The molecule has 3 N–H and O–H groups in total. The van der Waals surface area contributed by atoms with Crippen molar-refractivity contribution in [2.75, 3.05) is 43.1 Å². The number of nitrogens with zero attached hydrogens (tertiary/aromatic N) is 3. The summed E-state index contributed by atoms with van der Waals surface area (Å²) >= 11 is 1.66. The van der Waals surface area contributed by atoms with Crippen molar-refractivity contribution in [3.8, 4) is 11.1 Å². The van der Waals surface area contributed by atoms with Crippen molar-refractivity contribution in [1.82, 2.24) is 9.38 Å². The summed E-state index contributed by atoms with van der Waals surface area (Å²) in [5, 5.41) is 5.09. The Morgan fingerprint density at radius 2 is 1.92 bits per heavy atom. The Bertz CT molecular complexity index is 1670. The molecule has 36 heavy (non-hydrogen) atoms. The molecule has 5 aromatic rings. The predicted molar refractivity (Wildman–Crippen MR) is 145 cm³/mol. The third-order valence-electron chi connectivity index (χ3n) is 6.47. The van der Waals surface area contributed by atoms with Crippen LogP contribution in [0.25, 0.3) is 36.9 Å². The van der Waals surface area contributed by atoms with Crippen molar-refractivity contribution in [3.63, 3.8) is 0 Å². The SMILES string of the molecule is NCCC(=O)Nc1ccc(-c2cccn3c(=O)cc(N4CCOCC4)nc23)c2sc3ccccc3c12. The number of aromatic nitrogens is 2. The molecule has 0 aliphatic carbocycles. The van der Waals surface area contributed by atoms with Gasteiger partial charge < -0.3 is 20.7 Å². The van der Waals surface area contributed by atoms with Gasteiger partial charge in [-0.25, -0.2) is 4.98 Å². The van der Waals surface area contributed by atoms with E-state index in [1.54, 1.807) is 28.0 Å². The minimum Gasteiger partial charge on any atom is -0.378 e. The van der Waals surface area contributed by atoms with E-state index in [9.17, 15) is 9.59 Å². The van der Waals surface area contributed by atoms with Crippen molar-refractivity contribution in [2.45, 2.75) is 6.42 Å². The average Bonchev–Trinajstić information content (AvgIpc) is 3.29. The molecule has 182 valence electrons. The highest BCUT2D eigenvalue weighted by molar-refractivity contribution is 7.26. The second-order valence-corrected chi connectivity index (χ2v) is 9.77. The van der Waals surface area contributed by atoms with Gasteiger partial charge in [0, 0.05) is 69.6 Å². The quantitative estimate of drug-likeness (QED) is 0.381. The van der Waals surface area contributed by atoms with Gasteiger partial charge in [-0.2, -0.15) is 0 Å². The van der Waals surface area contributed by atoms with Crippen LogP contribution in [0.2, 0.25) is 0 Å². The lowest BCUT2D eigenvalue weighted by molar-refractivity contribution is -0.116. The molecule has 0 unspecified atom stereocenters. The first-order chi connectivity index (χ1) is 17.6. The monoisotopic (exact) mass is 499 g/mol. The van der Waals surface area contributed by atoms with Crippen molar-refractivity contribution >= 4 is 54.6 Å². The van der Waals surface area contributed by atoms with E-state index in [0.29, 0.717) is 44.3 Å². The Balaban J connectivity index is 1.59. The summed E-state index contributed by atoms with van der Waals surface area (Å²) in [5.74, 6) is 0.546. The molecule has 3 aromatic heterocycles. The number of rotatable bonds is 5. The molecule has 0 atom stereocenters. The number of pyridine rings is 1. The van der Waals surface area contributed by atoms with Crippen LogP contribution < -0.4 is 21.5 Å². The largest absolute Gasteiger partial charge is 0.378 e. The third-order valence-corrected chi connectivity index (χ3v) is 7.68. The van der Waals surface area contributed by atoms with E-state index in [0.717, 1.165) is 37.0 Å². The summed E-state index contributed by atoms with van der Waals surface area (Å²) in [6.45, 7) is 2.91. The van der Waals surface area contributed by atoms with Gasteiger partial charge in [-0.15, -0.1) is 11.3 Å². The van der Waals surface area contributed by atoms with Crippen LogP contribution in [-0.2, 0) is 9.53 Å². The average molecular weight is 500 g/mol. The summed E-state index contributed by atoms with van der Waals surface area (Å²) in [6.07, 6.45) is 2.01. The van der Waals surface area contributed by atoms with E-state index >= 15 is 0 Å². The Morgan fingerprint density at radius 1 is 1.08 bits per heavy atom. The highest BCUT2D eigenvalue weighted by Gasteiger charge is 2.19. The van der Waals surface area contributed by atoms with Crippen LogP contribution in [0.1, 0.15) is 6.42 Å². The van der Waals surface area contributed by atoms with Crippen molar-refractivity contribution < 1.29 is 9.53 Å². The molecule has 2 aromatic carbocycles. The normalized spacial score (nSPS) is 14.1. The van der Waals surface area contributed by atoms with E-state index in [-0.39, 0.29) is 17.9 Å². The Kier molecular flexibility index (Phi) is 5.88. The molecule has 0 radical (unpaired) electrons. The number of anilines is 2. The van der Waals surface area contributed by atoms with Gasteiger partial charge in [-0.05, 0) is 24.3 Å². The molecular formula is C27H25N5O3S. The summed E-state index contributed by atoms with van der Waals surface area (Å²) in [6, 6.07) is 17.5. The predicted octanol–water partition coefficient (Wildman–Crippen LogP) is 3.85. The number of nitrogens with two attached hydrogens (primary N) is 1. The first-order valence-corrected chi connectivity index (χ1v) is 12.8. The fourth-order valence-corrected chi connectivity index (χ4v) is 6.02. The molecule has 4 heterocycles. The number of morpholine rings is 1. The second-order valence-electron chi connectivity index (χ2n) is 8.72. The van der Waals surface area contributed by atoms with Crippen LogP contribution >= 0.6 is 11.3 Å². The van der Waals surface area contributed by atoms with Crippen LogP contribution in [0.15, 0.2) is 65.6 Å². The molecule has 6 rings (SSSR count). The van der Waals surface area contributed by atoms with Crippen molar-refractivity contribution in [3.05, 3.63) is 71.1 Å². The molecule has 0 spiro atoms. The second kappa shape index (κ2) is 9.34. The molecule has 1 saturated heterocycles. The van der Waals surface area contributed by atoms with Gasteiger partial charge in [0.15, 0.2) is 0 Å². The summed E-state index contributed by atoms with van der Waals surface area (Å²) in [7, 11) is 0. The smallest absolute Gasteiger partial charge is 0.259 e. The van der Waals surface area contributed by atoms with Gasteiger partial charge in [0.25, 0.3) is 5.56 Å². The van der Waals surface area contributed by atoms with E-state index in [2.05, 4.69) is 22.3 Å². The summed E-state index contributed by atoms with van der Waals surface area (Å²) < 4.78 is 9.21. The number of benzene rings is 2. The summed E-state index contributed by atoms with van der Waals surface area (Å²) in [5.41, 5.74) is 8.65. The Labute approximate surface area is 210 Å². The van der Waals surface area contributed by atoms with E-state index < -0.39 is 0 Å². The molecular weight excluding hydrogens is 474 g/mol. The van der Waals surface area contributed by atoms with Crippen LogP contribution in [0.3, 0.4) is 0 Å². The van der Waals surface area contributed by atoms with Crippen molar-refractivity contribution in [2.24, 2.45) is 5.73 Å². The van der Waals surface area contributed by atoms with Crippen LogP contribution in [-0.4, -0.2) is 48.1 Å². The van der Waals surface area contributed by atoms with Gasteiger partial charge in [0.2, 0.25) is 5.91 Å². The van der Waals surface area contributed by atoms with Gasteiger partial charge in [-0.3, -0.25) is 14.0 Å². The lowest BCUT2D eigenvalue weighted by Crippen LogP contribution is -2.37. The number of nitrogens with one attached hydrogen (secondary N) is 1. The zero-order chi connectivity index (χ0) is 24.6. The number of amides is 1. The number of carbonyl (C=O) groups is 1. The summed E-state index contributed by atoms with van der Waals surface area (Å²) in [4.78, 5) is 32.5. The Hall–Kier alpha value is -3.79. The highest BCUT2D eigenvalue weighted by atomic mass is 32.1. The molecule has 1 aliphatic heterocycles. The highest BCUT2D eigenvalue weighted by Crippen LogP contribution is 2.44. The lowest BCUT2D eigenvalue weighted by atomic mass is 10.0. The van der Waals surface area contributed by atoms with E-state index in [1.165, 1.54) is 0 Å². The van der Waals surface area contributed by atoms with Crippen LogP contribution in [0.4, 0.5) is 11.5 Å². The maximum absolute atomic E-state index is 13.1. The number of hydrogen-bond acceptors (Lipinski definition) is 7. The topological polar surface area (TPSA) is 102 Å². The van der Waals surface area contributed by atoms with Crippen LogP contribution in [0, 0.1) is 0 Å². The number of ether oxygens (including phenoxy) is 1. The van der Waals surface area contributed by atoms with Gasteiger partial charge in [0.05, 0.1) is 18.9 Å². The maximum atomic E-state index is 13.1. The number of thiophene rings is 1. The fourth-order valence-electron chi connectivity index (χ4n) is 4.77. The van der Waals surface area contributed by atoms with Crippen molar-refractivity contribution in [1.29, 1.82) is 0 Å². The fraction of sp³-hybridized carbons (Fsp3) is 0.222. The standard InChI is InChI=1S/C27H25N5O3S/c28-10-9-23(33)29-20-8-7-17(26-25(20)19-4-1-2-6-21(19)36-26)18-5-3-11-32-24(34)16-22(30-27(18)32)31-12-14-35-15-13-31/h1-8,11,16H,9-10,12-15,28H2,(H,29,33). The molecule has 9 heteroatoms. The van der Waals surface area contributed by atoms with E-state index in [1.807, 2.05) is 36.4 Å².